The number of ether oxygens (including phenoxy) is 3. The van der Waals surface area contributed by atoms with Gasteiger partial charge in [0.15, 0.2) is 29.6 Å². The molecule has 1 aliphatic heterocycles. The van der Waals surface area contributed by atoms with Crippen molar-refractivity contribution in [1.82, 2.24) is 4.98 Å². The molecule has 0 aliphatic carbocycles. The maximum absolute atomic E-state index is 12.0. The minimum atomic E-state index is -0.500. The van der Waals surface area contributed by atoms with Crippen LogP contribution in [-0.4, -0.2) is 36.7 Å². The minimum Gasteiger partial charge on any atom is -0.486 e. The zero-order valence-electron chi connectivity index (χ0n) is 15.0. The van der Waals surface area contributed by atoms with E-state index in [0.717, 1.165) is 5.52 Å². The second-order valence-electron chi connectivity index (χ2n) is 6.14. The van der Waals surface area contributed by atoms with Crippen LogP contribution < -0.4 is 14.8 Å². The van der Waals surface area contributed by atoms with E-state index in [1.54, 1.807) is 18.2 Å². The summed E-state index contributed by atoms with van der Waals surface area (Å²) >= 11 is 0. The van der Waals surface area contributed by atoms with Crippen molar-refractivity contribution in [2.45, 2.75) is 12.8 Å². The van der Waals surface area contributed by atoms with E-state index in [0.29, 0.717) is 48.3 Å². The first-order valence-electron chi connectivity index (χ1n) is 8.87. The third-order valence-corrected chi connectivity index (χ3v) is 4.07. The first-order valence-corrected chi connectivity index (χ1v) is 8.87. The lowest BCUT2D eigenvalue weighted by atomic mass is 10.2. The molecule has 0 saturated carbocycles. The molecule has 2 aromatic carbocycles. The van der Waals surface area contributed by atoms with Gasteiger partial charge in [-0.2, -0.15) is 0 Å². The summed E-state index contributed by atoms with van der Waals surface area (Å²) in [6.07, 6.45) is 0.376. The third-order valence-electron chi connectivity index (χ3n) is 4.07. The molecule has 28 heavy (non-hydrogen) atoms. The number of amides is 1. The molecule has 0 fully saturated rings. The number of nitrogens with zero attached hydrogens (tertiary/aromatic N) is 1. The Hall–Kier alpha value is -3.55. The average Bonchev–Trinajstić information content (AvgIpc) is 3.14. The monoisotopic (exact) mass is 382 g/mol. The fourth-order valence-corrected chi connectivity index (χ4v) is 2.77. The zero-order valence-corrected chi connectivity index (χ0v) is 15.0. The molecule has 1 aliphatic rings. The number of anilines is 1. The lowest BCUT2D eigenvalue weighted by Crippen LogP contribution is -2.21. The van der Waals surface area contributed by atoms with Crippen molar-refractivity contribution in [3.05, 3.63) is 48.4 Å². The summed E-state index contributed by atoms with van der Waals surface area (Å²) < 4.78 is 21.4. The second-order valence-corrected chi connectivity index (χ2v) is 6.14. The van der Waals surface area contributed by atoms with Crippen molar-refractivity contribution in [1.29, 1.82) is 0 Å². The van der Waals surface area contributed by atoms with Crippen LogP contribution in [0, 0.1) is 0 Å². The van der Waals surface area contributed by atoms with Gasteiger partial charge in [0.1, 0.15) is 18.7 Å². The first-order chi connectivity index (χ1) is 13.7. The molecule has 0 spiro atoms. The number of rotatable bonds is 6. The number of benzene rings is 2. The fourth-order valence-electron chi connectivity index (χ4n) is 2.77. The molecule has 1 aromatic heterocycles. The lowest BCUT2D eigenvalue weighted by molar-refractivity contribution is -0.147. The highest BCUT2D eigenvalue weighted by atomic mass is 16.6. The van der Waals surface area contributed by atoms with Gasteiger partial charge in [-0.3, -0.25) is 9.59 Å². The van der Waals surface area contributed by atoms with E-state index in [-0.39, 0.29) is 13.0 Å². The van der Waals surface area contributed by atoms with Gasteiger partial charge >= 0.3 is 5.97 Å². The van der Waals surface area contributed by atoms with Crippen molar-refractivity contribution in [3.63, 3.8) is 0 Å². The molecule has 0 radical (unpaired) electrons. The number of hydrogen-bond acceptors (Lipinski definition) is 7. The van der Waals surface area contributed by atoms with Crippen LogP contribution in [-0.2, 0) is 20.7 Å². The van der Waals surface area contributed by atoms with Gasteiger partial charge in [0.2, 0.25) is 0 Å². The van der Waals surface area contributed by atoms with Crippen LogP contribution >= 0.6 is 0 Å². The number of aryl methyl sites for hydroxylation is 1. The molecule has 0 unspecified atom stereocenters. The summed E-state index contributed by atoms with van der Waals surface area (Å²) in [5.74, 6) is 0.722. The zero-order chi connectivity index (χ0) is 19.3. The predicted molar refractivity (Wildman–Crippen MR) is 99.4 cm³/mol. The summed E-state index contributed by atoms with van der Waals surface area (Å²) in [5, 5.41) is 2.66. The number of carbonyl (C=O) groups is 2. The van der Waals surface area contributed by atoms with Crippen LogP contribution in [0.1, 0.15) is 12.3 Å². The molecule has 1 N–H and O–H groups in total. The molecule has 4 rings (SSSR count). The quantitative estimate of drug-likeness (QED) is 0.654. The standard InChI is InChI=1S/C20H18N2O6/c23-18(21-13-5-6-16-17(11-13)26-10-9-25-16)12-27-20(24)8-7-19-22-14-3-1-2-4-15(14)28-19/h1-6,11H,7-10,12H2,(H,21,23). The van der Waals surface area contributed by atoms with Crippen molar-refractivity contribution in [2.24, 2.45) is 0 Å². The van der Waals surface area contributed by atoms with Crippen LogP contribution in [0.4, 0.5) is 5.69 Å². The van der Waals surface area contributed by atoms with Gasteiger partial charge < -0.3 is 23.9 Å². The van der Waals surface area contributed by atoms with E-state index in [4.69, 9.17) is 18.6 Å². The Bertz CT molecular complexity index is 980. The van der Waals surface area contributed by atoms with Gasteiger partial charge in [-0.25, -0.2) is 4.98 Å². The summed E-state index contributed by atoms with van der Waals surface area (Å²) in [7, 11) is 0. The van der Waals surface area contributed by atoms with Gasteiger partial charge in [0, 0.05) is 18.2 Å². The topological polar surface area (TPSA) is 99.9 Å². The Morgan fingerprint density at radius 2 is 1.89 bits per heavy atom. The highest BCUT2D eigenvalue weighted by molar-refractivity contribution is 5.93. The largest absolute Gasteiger partial charge is 0.486 e. The summed E-state index contributed by atoms with van der Waals surface area (Å²) in [6, 6.07) is 12.4. The summed E-state index contributed by atoms with van der Waals surface area (Å²) in [6.45, 7) is 0.584. The average molecular weight is 382 g/mol. The molecule has 2 heterocycles. The highest BCUT2D eigenvalue weighted by Gasteiger charge is 2.14. The normalized spacial score (nSPS) is 12.6. The third kappa shape index (κ3) is 4.22. The molecule has 1 amide bonds. The molecule has 0 atom stereocenters. The summed E-state index contributed by atoms with van der Waals surface area (Å²) in [5.41, 5.74) is 1.95. The van der Waals surface area contributed by atoms with E-state index in [9.17, 15) is 9.59 Å². The van der Waals surface area contributed by atoms with E-state index < -0.39 is 11.9 Å². The lowest BCUT2D eigenvalue weighted by Gasteiger charge is -2.19. The van der Waals surface area contributed by atoms with Crippen molar-refractivity contribution in [3.8, 4) is 11.5 Å². The Morgan fingerprint density at radius 3 is 2.75 bits per heavy atom. The Morgan fingerprint density at radius 1 is 1.07 bits per heavy atom. The van der Waals surface area contributed by atoms with Gasteiger partial charge in [0.25, 0.3) is 5.91 Å². The second kappa shape index (κ2) is 7.99. The van der Waals surface area contributed by atoms with Crippen LogP contribution in [0.3, 0.4) is 0 Å². The van der Waals surface area contributed by atoms with Crippen molar-refractivity contribution < 1.29 is 28.2 Å². The van der Waals surface area contributed by atoms with Crippen LogP contribution in [0.15, 0.2) is 46.9 Å². The van der Waals surface area contributed by atoms with Crippen LogP contribution in [0.2, 0.25) is 0 Å². The molecule has 144 valence electrons. The highest BCUT2D eigenvalue weighted by Crippen LogP contribution is 2.32. The maximum atomic E-state index is 12.0. The number of carbonyl (C=O) groups excluding carboxylic acids is 2. The van der Waals surface area contributed by atoms with E-state index in [2.05, 4.69) is 10.3 Å². The molecular weight excluding hydrogens is 364 g/mol. The first kappa shape index (κ1) is 17.8. The predicted octanol–water partition coefficient (Wildman–Crippen LogP) is 2.71. The summed E-state index contributed by atoms with van der Waals surface area (Å²) in [4.78, 5) is 28.2. The minimum absolute atomic E-state index is 0.0735. The van der Waals surface area contributed by atoms with Gasteiger partial charge in [-0.1, -0.05) is 12.1 Å². The number of fused-ring (bicyclic) bond motifs is 2. The van der Waals surface area contributed by atoms with Gasteiger partial charge in [0.05, 0.1) is 6.42 Å². The maximum Gasteiger partial charge on any atom is 0.306 e. The van der Waals surface area contributed by atoms with Crippen LogP contribution in [0.5, 0.6) is 11.5 Å². The smallest absolute Gasteiger partial charge is 0.306 e. The number of para-hydroxylation sites is 2. The number of esters is 1. The molecule has 8 heteroatoms. The number of aromatic nitrogens is 1. The fraction of sp³-hybridized carbons (Fsp3) is 0.250. The number of oxazole rings is 1. The molecule has 0 saturated heterocycles. The molecule has 8 nitrogen and oxygen atoms in total. The molecule has 0 bridgehead atoms. The Labute approximate surface area is 160 Å². The van der Waals surface area contributed by atoms with E-state index in [1.165, 1.54) is 0 Å². The van der Waals surface area contributed by atoms with Gasteiger partial charge in [-0.05, 0) is 24.3 Å². The van der Waals surface area contributed by atoms with Crippen LogP contribution in [0.25, 0.3) is 11.1 Å². The SMILES string of the molecule is O=C(COC(=O)CCc1nc2ccccc2o1)Nc1ccc2c(c1)OCCO2. The van der Waals surface area contributed by atoms with E-state index >= 15 is 0 Å². The molecule has 3 aromatic rings. The van der Waals surface area contributed by atoms with Gasteiger partial charge in [-0.15, -0.1) is 0 Å². The Kier molecular flexibility index (Phi) is 5.09. The van der Waals surface area contributed by atoms with Crippen molar-refractivity contribution >= 4 is 28.7 Å². The number of hydrogen-bond donors (Lipinski definition) is 1. The number of nitrogens with one attached hydrogen (secondary N) is 1. The van der Waals surface area contributed by atoms with E-state index in [1.807, 2.05) is 24.3 Å². The molecular formula is C20H18N2O6. The Balaban J connectivity index is 1.23. The van der Waals surface area contributed by atoms with Crippen molar-refractivity contribution in [2.75, 3.05) is 25.1 Å².